The molecule has 4 heteroatoms. The molecule has 0 amide bonds. The van der Waals surface area contributed by atoms with Crippen molar-refractivity contribution in [1.29, 1.82) is 0 Å². The van der Waals surface area contributed by atoms with E-state index in [-0.39, 0.29) is 5.63 Å². The van der Waals surface area contributed by atoms with Crippen molar-refractivity contribution in [3.05, 3.63) is 65.0 Å². The zero-order valence-electron chi connectivity index (χ0n) is 11.2. The van der Waals surface area contributed by atoms with E-state index < -0.39 is 0 Å². The van der Waals surface area contributed by atoms with Crippen LogP contribution < -0.4 is 5.63 Å². The molecular formula is C17H13BrO2S. The van der Waals surface area contributed by atoms with Gasteiger partial charge >= 0.3 is 5.63 Å². The van der Waals surface area contributed by atoms with Gasteiger partial charge < -0.3 is 4.42 Å². The van der Waals surface area contributed by atoms with Gasteiger partial charge in [0, 0.05) is 27.4 Å². The van der Waals surface area contributed by atoms with Crippen molar-refractivity contribution in [3.8, 4) is 11.1 Å². The summed E-state index contributed by atoms with van der Waals surface area (Å²) in [6.45, 7) is 0. The summed E-state index contributed by atoms with van der Waals surface area (Å²) < 4.78 is 5.36. The van der Waals surface area contributed by atoms with Crippen LogP contribution in [0.25, 0.3) is 22.1 Å². The molecule has 0 aliphatic rings. The fourth-order valence-corrected chi connectivity index (χ4v) is 3.40. The van der Waals surface area contributed by atoms with Gasteiger partial charge in [-0.05, 0) is 29.3 Å². The van der Waals surface area contributed by atoms with Crippen molar-refractivity contribution in [2.45, 2.75) is 4.90 Å². The molecule has 1 heterocycles. The number of fused-ring (bicyclic) bond motifs is 1. The molecule has 0 aliphatic heterocycles. The molecule has 0 aliphatic carbocycles. The molecule has 0 bridgehead atoms. The van der Waals surface area contributed by atoms with Gasteiger partial charge in [0.2, 0.25) is 0 Å². The molecule has 1 aromatic heterocycles. The predicted octanol–water partition coefficient (Wildman–Crippen LogP) is 4.95. The zero-order valence-corrected chi connectivity index (χ0v) is 13.6. The van der Waals surface area contributed by atoms with Crippen LogP contribution in [0.4, 0.5) is 0 Å². The van der Waals surface area contributed by atoms with Gasteiger partial charge in [-0.25, -0.2) is 4.79 Å². The van der Waals surface area contributed by atoms with E-state index in [2.05, 4.69) is 22.0 Å². The monoisotopic (exact) mass is 360 g/mol. The van der Waals surface area contributed by atoms with Crippen LogP contribution in [0.1, 0.15) is 0 Å². The van der Waals surface area contributed by atoms with Gasteiger partial charge in [0.05, 0.1) is 0 Å². The number of thioether (sulfide) groups is 1. The second-order valence-electron chi connectivity index (χ2n) is 4.54. The summed E-state index contributed by atoms with van der Waals surface area (Å²) in [6, 6.07) is 17.5. The first-order valence-corrected chi connectivity index (χ1v) is 8.71. The topological polar surface area (TPSA) is 30.2 Å². The van der Waals surface area contributed by atoms with Crippen molar-refractivity contribution < 1.29 is 4.42 Å². The van der Waals surface area contributed by atoms with Gasteiger partial charge in [-0.3, -0.25) is 0 Å². The molecule has 0 unspecified atom stereocenters. The summed E-state index contributed by atoms with van der Waals surface area (Å²) in [5.41, 5.74) is 2.26. The Morgan fingerprint density at radius 1 is 1.05 bits per heavy atom. The molecule has 0 saturated heterocycles. The quantitative estimate of drug-likeness (QED) is 0.374. The fourth-order valence-electron chi connectivity index (χ4n) is 2.25. The van der Waals surface area contributed by atoms with Crippen molar-refractivity contribution in [3.63, 3.8) is 0 Å². The number of hydrogen-bond donors (Lipinski definition) is 0. The third kappa shape index (κ3) is 3.22. The molecule has 0 atom stereocenters. The lowest BCUT2D eigenvalue weighted by Gasteiger charge is -2.07. The van der Waals surface area contributed by atoms with Gasteiger partial charge in [0.25, 0.3) is 0 Å². The summed E-state index contributed by atoms with van der Waals surface area (Å²) in [6.07, 6.45) is 0. The Kier molecular flexibility index (Phi) is 4.46. The summed E-state index contributed by atoms with van der Waals surface area (Å²) in [7, 11) is 0. The standard InChI is InChI=1S/C17H13BrO2S/c18-8-9-21-13-6-7-14-15(12-4-2-1-3-5-12)11-17(19)20-16(14)10-13/h1-7,10-11H,8-9H2. The molecular weight excluding hydrogens is 348 g/mol. The molecule has 0 radical (unpaired) electrons. The van der Waals surface area contributed by atoms with Gasteiger partial charge in [-0.1, -0.05) is 46.3 Å². The molecule has 2 nitrogen and oxygen atoms in total. The van der Waals surface area contributed by atoms with Crippen LogP contribution in [-0.2, 0) is 0 Å². The lowest BCUT2D eigenvalue weighted by Crippen LogP contribution is -1.98. The predicted molar refractivity (Wildman–Crippen MR) is 92.4 cm³/mol. The van der Waals surface area contributed by atoms with Gasteiger partial charge in [-0.2, -0.15) is 0 Å². The Morgan fingerprint density at radius 2 is 1.86 bits per heavy atom. The second kappa shape index (κ2) is 6.50. The first-order chi connectivity index (χ1) is 10.3. The molecule has 3 aromatic rings. The highest BCUT2D eigenvalue weighted by Gasteiger charge is 2.08. The van der Waals surface area contributed by atoms with Crippen molar-refractivity contribution in [2.75, 3.05) is 11.1 Å². The normalized spacial score (nSPS) is 10.9. The summed E-state index contributed by atoms with van der Waals surface area (Å²) in [5.74, 6) is 0.980. The minimum absolute atomic E-state index is 0.316. The summed E-state index contributed by atoms with van der Waals surface area (Å²) in [4.78, 5) is 12.9. The molecule has 3 rings (SSSR count). The van der Waals surface area contributed by atoms with Crippen LogP contribution in [0.2, 0.25) is 0 Å². The number of halogens is 1. The summed E-state index contributed by atoms with van der Waals surface area (Å²) >= 11 is 5.15. The van der Waals surface area contributed by atoms with Crippen LogP contribution in [0.15, 0.2) is 68.7 Å². The third-order valence-corrected chi connectivity index (χ3v) is 5.06. The largest absolute Gasteiger partial charge is 0.423 e. The smallest absolute Gasteiger partial charge is 0.336 e. The molecule has 0 N–H and O–H groups in total. The van der Waals surface area contributed by atoms with Crippen LogP contribution >= 0.6 is 27.7 Å². The van der Waals surface area contributed by atoms with E-state index in [4.69, 9.17) is 4.42 Å². The minimum Gasteiger partial charge on any atom is -0.423 e. The van der Waals surface area contributed by atoms with Crippen molar-refractivity contribution in [1.82, 2.24) is 0 Å². The zero-order chi connectivity index (χ0) is 14.7. The first-order valence-electron chi connectivity index (χ1n) is 6.60. The number of alkyl halides is 1. The van der Waals surface area contributed by atoms with E-state index in [0.29, 0.717) is 5.58 Å². The Bertz CT molecular complexity index is 812. The Labute approximate surface area is 135 Å². The van der Waals surface area contributed by atoms with Crippen LogP contribution in [0.3, 0.4) is 0 Å². The Balaban J connectivity index is 2.15. The highest BCUT2D eigenvalue weighted by molar-refractivity contribution is 9.09. The molecule has 0 spiro atoms. The second-order valence-corrected chi connectivity index (χ2v) is 6.50. The van der Waals surface area contributed by atoms with Crippen LogP contribution in [0.5, 0.6) is 0 Å². The van der Waals surface area contributed by atoms with E-state index >= 15 is 0 Å². The highest BCUT2D eigenvalue weighted by Crippen LogP contribution is 2.30. The number of hydrogen-bond acceptors (Lipinski definition) is 3. The van der Waals surface area contributed by atoms with Gasteiger partial charge in [-0.15, -0.1) is 11.8 Å². The fraction of sp³-hybridized carbons (Fsp3) is 0.118. The van der Waals surface area contributed by atoms with Crippen molar-refractivity contribution in [2.24, 2.45) is 0 Å². The SMILES string of the molecule is O=c1cc(-c2ccccc2)c2ccc(SCCBr)cc2o1. The molecule has 0 fully saturated rings. The molecule has 0 saturated carbocycles. The average Bonchev–Trinajstić information content (AvgIpc) is 2.52. The van der Waals surface area contributed by atoms with E-state index in [1.165, 1.54) is 0 Å². The Morgan fingerprint density at radius 3 is 2.62 bits per heavy atom. The highest BCUT2D eigenvalue weighted by atomic mass is 79.9. The van der Waals surface area contributed by atoms with E-state index in [1.54, 1.807) is 17.8 Å². The average molecular weight is 361 g/mol. The Hall–Kier alpha value is -1.52. The third-order valence-electron chi connectivity index (χ3n) is 3.15. The van der Waals surface area contributed by atoms with Crippen LogP contribution in [-0.4, -0.2) is 11.1 Å². The maximum atomic E-state index is 11.8. The summed E-state index contributed by atoms with van der Waals surface area (Å²) in [5, 5.41) is 1.90. The van der Waals surface area contributed by atoms with Gasteiger partial charge in [0.15, 0.2) is 0 Å². The molecule has 21 heavy (non-hydrogen) atoms. The van der Waals surface area contributed by atoms with E-state index in [0.717, 1.165) is 32.5 Å². The van der Waals surface area contributed by atoms with Crippen LogP contribution in [0, 0.1) is 0 Å². The maximum Gasteiger partial charge on any atom is 0.336 e. The minimum atomic E-state index is -0.316. The lowest BCUT2D eigenvalue weighted by atomic mass is 10.0. The van der Waals surface area contributed by atoms with Crippen molar-refractivity contribution >= 4 is 38.7 Å². The van der Waals surface area contributed by atoms with Gasteiger partial charge in [0.1, 0.15) is 5.58 Å². The number of benzene rings is 2. The number of rotatable bonds is 4. The first kappa shape index (κ1) is 14.4. The molecule has 106 valence electrons. The van der Waals surface area contributed by atoms with E-state index in [1.807, 2.05) is 42.5 Å². The molecule has 2 aromatic carbocycles. The lowest BCUT2D eigenvalue weighted by molar-refractivity contribution is 0.561. The van der Waals surface area contributed by atoms with E-state index in [9.17, 15) is 4.79 Å². The maximum absolute atomic E-state index is 11.8.